The van der Waals surface area contributed by atoms with E-state index in [4.69, 9.17) is 10.00 Å². The number of nitro benzene ring substituents is 1. The number of anilines is 1. The van der Waals surface area contributed by atoms with Crippen molar-refractivity contribution >= 4 is 28.3 Å². The van der Waals surface area contributed by atoms with Gasteiger partial charge in [-0.1, -0.05) is 0 Å². The van der Waals surface area contributed by atoms with Gasteiger partial charge in [0.05, 0.1) is 27.6 Å². The number of hydrogen-bond donors (Lipinski definition) is 2. The van der Waals surface area contributed by atoms with E-state index in [0.29, 0.717) is 22.3 Å². The van der Waals surface area contributed by atoms with Gasteiger partial charge in [-0.05, 0) is 30.3 Å². The van der Waals surface area contributed by atoms with Crippen LogP contribution in [0.5, 0.6) is 6.01 Å². The Morgan fingerprint density at radius 1 is 1.32 bits per heavy atom. The number of rotatable bonds is 5. The average molecular weight is 337 g/mol. The van der Waals surface area contributed by atoms with E-state index >= 15 is 0 Å². The molecule has 9 heteroatoms. The molecule has 3 aromatic rings. The molecule has 0 saturated carbocycles. The van der Waals surface area contributed by atoms with Crippen LogP contribution in [0.2, 0.25) is 0 Å². The third kappa shape index (κ3) is 3.70. The molecule has 0 aliphatic carbocycles. The van der Waals surface area contributed by atoms with Crippen LogP contribution in [0.15, 0.2) is 42.5 Å². The first kappa shape index (κ1) is 15.9. The zero-order chi connectivity index (χ0) is 17.8. The number of nitrogens with one attached hydrogen (secondary N) is 2. The number of carbonyl (C=O) groups excluding carboxylic acids is 1. The van der Waals surface area contributed by atoms with Crippen LogP contribution in [-0.4, -0.2) is 27.4 Å². The number of nitriles is 1. The molecule has 0 fully saturated rings. The van der Waals surface area contributed by atoms with Crippen molar-refractivity contribution in [3.05, 3.63) is 58.1 Å². The smallest absolute Gasteiger partial charge is 0.295 e. The molecule has 0 aliphatic heterocycles. The third-order valence-corrected chi connectivity index (χ3v) is 3.29. The van der Waals surface area contributed by atoms with Crippen LogP contribution < -0.4 is 10.1 Å². The molecule has 124 valence electrons. The van der Waals surface area contributed by atoms with Crippen molar-refractivity contribution in [1.29, 1.82) is 5.26 Å². The fourth-order valence-electron chi connectivity index (χ4n) is 2.12. The topological polar surface area (TPSA) is 134 Å². The largest absolute Gasteiger partial charge is 0.455 e. The molecule has 0 unspecified atom stereocenters. The van der Waals surface area contributed by atoms with Gasteiger partial charge in [-0.3, -0.25) is 14.9 Å². The number of aromatic amines is 1. The Labute approximate surface area is 141 Å². The molecule has 2 N–H and O–H groups in total. The Bertz CT molecular complexity index is 988. The zero-order valence-corrected chi connectivity index (χ0v) is 12.7. The Kier molecular flexibility index (Phi) is 4.26. The number of ether oxygens (including phenoxy) is 1. The molecule has 3 rings (SSSR count). The van der Waals surface area contributed by atoms with Crippen molar-refractivity contribution in [2.45, 2.75) is 0 Å². The van der Waals surface area contributed by atoms with Gasteiger partial charge in [0.15, 0.2) is 6.61 Å². The summed E-state index contributed by atoms with van der Waals surface area (Å²) in [5.41, 5.74) is 1.89. The molecule has 0 atom stereocenters. The van der Waals surface area contributed by atoms with Crippen molar-refractivity contribution in [3.63, 3.8) is 0 Å². The van der Waals surface area contributed by atoms with E-state index in [1.54, 1.807) is 24.3 Å². The van der Waals surface area contributed by atoms with Gasteiger partial charge in [-0.25, -0.2) is 0 Å². The van der Waals surface area contributed by atoms with Crippen LogP contribution in [0.1, 0.15) is 5.56 Å². The van der Waals surface area contributed by atoms with Crippen LogP contribution in [0.4, 0.5) is 11.4 Å². The molecule has 0 bridgehead atoms. The lowest BCUT2D eigenvalue weighted by molar-refractivity contribution is -0.384. The fourth-order valence-corrected chi connectivity index (χ4v) is 2.12. The van der Waals surface area contributed by atoms with E-state index in [0.717, 1.165) is 0 Å². The number of nitrogens with zero attached hydrogens (tertiary/aromatic N) is 3. The van der Waals surface area contributed by atoms with E-state index in [9.17, 15) is 14.9 Å². The molecule has 1 aromatic heterocycles. The highest BCUT2D eigenvalue weighted by molar-refractivity contribution is 5.91. The standard InChI is InChI=1S/C16H11N5O4/c17-8-10-1-3-11(4-2-10)18-15(22)9-25-16-19-13-6-5-12(21(23)24)7-14(13)20-16/h1-7H,9H2,(H,18,22)(H,19,20). The predicted molar refractivity (Wildman–Crippen MR) is 88.0 cm³/mol. The fraction of sp³-hybridized carbons (Fsp3) is 0.0625. The summed E-state index contributed by atoms with van der Waals surface area (Å²) in [4.78, 5) is 29.0. The molecule has 1 heterocycles. The van der Waals surface area contributed by atoms with Gasteiger partial charge in [0, 0.05) is 17.8 Å². The van der Waals surface area contributed by atoms with Crippen molar-refractivity contribution in [2.75, 3.05) is 11.9 Å². The summed E-state index contributed by atoms with van der Waals surface area (Å²) >= 11 is 0. The molecule has 25 heavy (non-hydrogen) atoms. The Morgan fingerprint density at radius 3 is 2.76 bits per heavy atom. The molecule has 0 spiro atoms. The lowest BCUT2D eigenvalue weighted by Gasteiger charge is -2.05. The van der Waals surface area contributed by atoms with Gasteiger partial charge in [0.2, 0.25) is 0 Å². The van der Waals surface area contributed by atoms with Gasteiger partial charge in [0.25, 0.3) is 17.6 Å². The molecule has 0 aliphatic rings. The number of hydrogen-bond acceptors (Lipinski definition) is 6. The number of aromatic nitrogens is 2. The Morgan fingerprint density at radius 2 is 2.08 bits per heavy atom. The van der Waals surface area contributed by atoms with Gasteiger partial charge in [-0.2, -0.15) is 10.2 Å². The first-order valence-corrected chi connectivity index (χ1v) is 7.12. The summed E-state index contributed by atoms with van der Waals surface area (Å²) in [6, 6.07) is 12.6. The summed E-state index contributed by atoms with van der Waals surface area (Å²) < 4.78 is 5.27. The van der Waals surface area contributed by atoms with E-state index in [-0.39, 0.29) is 18.3 Å². The lowest BCUT2D eigenvalue weighted by Crippen LogP contribution is -2.20. The summed E-state index contributed by atoms with van der Waals surface area (Å²) in [6.45, 7) is -0.290. The van der Waals surface area contributed by atoms with Gasteiger partial charge < -0.3 is 15.0 Å². The maximum atomic E-state index is 11.9. The molecule has 1 amide bonds. The normalized spacial score (nSPS) is 10.2. The van der Waals surface area contributed by atoms with E-state index < -0.39 is 10.8 Å². The molecule has 9 nitrogen and oxygen atoms in total. The van der Waals surface area contributed by atoms with Gasteiger partial charge >= 0.3 is 0 Å². The number of fused-ring (bicyclic) bond motifs is 1. The minimum atomic E-state index is -0.508. The van der Waals surface area contributed by atoms with Crippen molar-refractivity contribution < 1.29 is 14.5 Å². The highest BCUT2D eigenvalue weighted by Gasteiger charge is 2.11. The molecule has 0 saturated heterocycles. The second-order valence-corrected chi connectivity index (χ2v) is 5.03. The number of nitro groups is 1. The van der Waals surface area contributed by atoms with Crippen molar-refractivity contribution in [2.24, 2.45) is 0 Å². The minimum Gasteiger partial charge on any atom is -0.455 e. The number of carbonyl (C=O) groups is 1. The first-order valence-electron chi connectivity index (χ1n) is 7.12. The SMILES string of the molecule is N#Cc1ccc(NC(=O)COc2nc3ccc([N+](=O)[O-])cc3[nH]2)cc1. The number of benzene rings is 2. The van der Waals surface area contributed by atoms with E-state index in [2.05, 4.69) is 15.3 Å². The second-order valence-electron chi connectivity index (χ2n) is 5.03. The van der Waals surface area contributed by atoms with Gasteiger partial charge in [-0.15, -0.1) is 0 Å². The number of amides is 1. The Hall–Kier alpha value is -3.93. The number of non-ortho nitro benzene ring substituents is 1. The van der Waals surface area contributed by atoms with Crippen molar-refractivity contribution in [1.82, 2.24) is 9.97 Å². The van der Waals surface area contributed by atoms with E-state index in [1.807, 2.05) is 6.07 Å². The van der Waals surface area contributed by atoms with Crippen molar-refractivity contribution in [3.8, 4) is 12.1 Å². The summed E-state index contributed by atoms with van der Waals surface area (Å²) in [5, 5.41) is 22.1. The van der Waals surface area contributed by atoms with Gasteiger partial charge in [0.1, 0.15) is 0 Å². The maximum absolute atomic E-state index is 11.9. The number of H-pyrrole nitrogens is 1. The lowest BCUT2D eigenvalue weighted by atomic mass is 10.2. The summed E-state index contributed by atoms with van der Waals surface area (Å²) in [5.74, 6) is -0.406. The van der Waals surface area contributed by atoms with Crippen LogP contribution in [0.25, 0.3) is 11.0 Å². The van der Waals surface area contributed by atoms with Crippen LogP contribution >= 0.6 is 0 Å². The second kappa shape index (κ2) is 6.67. The molecular weight excluding hydrogens is 326 g/mol. The van der Waals surface area contributed by atoms with E-state index in [1.165, 1.54) is 18.2 Å². The number of imidazole rings is 1. The Balaban J connectivity index is 1.62. The summed E-state index contributed by atoms with van der Waals surface area (Å²) in [7, 11) is 0. The van der Waals surface area contributed by atoms with Crippen LogP contribution in [0.3, 0.4) is 0 Å². The summed E-state index contributed by atoms with van der Waals surface area (Å²) in [6.07, 6.45) is 0. The van der Waals surface area contributed by atoms with Crippen LogP contribution in [0, 0.1) is 21.4 Å². The average Bonchev–Trinajstić information content (AvgIpc) is 3.02. The maximum Gasteiger partial charge on any atom is 0.295 e. The monoisotopic (exact) mass is 337 g/mol. The molecule has 0 radical (unpaired) electrons. The minimum absolute atomic E-state index is 0.0683. The molecular formula is C16H11N5O4. The molecule has 2 aromatic carbocycles. The quantitative estimate of drug-likeness (QED) is 0.542. The highest BCUT2D eigenvalue weighted by Crippen LogP contribution is 2.21. The predicted octanol–water partition coefficient (Wildman–Crippen LogP) is 2.36. The van der Waals surface area contributed by atoms with Crippen LogP contribution in [-0.2, 0) is 4.79 Å². The zero-order valence-electron chi connectivity index (χ0n) is 12.7. The third-order valence-electron chi connectivity index (χ3n) is 3.29. The highest BCUT2D eigenvalue weighted by atomic mass is 16.6. The first-order chi connectivity index (χ1) is 12.0.